The van der Waals surface area contributed by atoms with Gasteiger partial charge in [0, 0.05) is 17.6 Å². The smallest absolute Gasteiger partial charge is 0.194 e. The lowest BCUT2D eigenvalue weighted by atomic mass is 10.3. The molecule has 0 unspecified atom stereocenters. The van der Waals surface area contributed by atoms with Crippen LogP contribution in [0.5, 0.6) is 0 Å². The van der Waals surface area contributed by atoms with Crippen LogP contribution in [0.4, 0.5) is 4.39 Å². The molecule has 0 radical (unpaired) electrons. The Morgan fingerprint density at radius 3 is 3.06 bits per heavy atom. The van der Waals surface area contributed by atoms with Crippen LogP contribution in [0.25, 0.3) is 4.96 Å². The number of thiazole rings is 1. The number of halogens is 1. The first-order valence-electron chi connectivity index (χ1n) is 5.43. The molecule has 0 bridgehead atoms. The highest BCUT2D eigenvalue weighted by atomic mass is 32.1. The summed E-state index contributed by atoms with van der Waals surface area (Å²) >= 11 is 1.69. The molecule has 0 saturated carbocycles. The Labute approximate surface area is 98.3 Å². The van der Waals surface area contributed by atoms with E-state index >= 15 is 0 Å². The largest absolute Gasteiger partial charge is 0.311 e. The molecule has 1 N–H and O–H groups in total. The maximum atomic E-state index is 11.9. The van der Waals surface area contributed by atoms with Crippen LogP contribution in [0.3, 0.4) is 0 Å². The van der Waals surface area contributed by atoms with Crippen molar-refractivity contribution in [2.24, 2.45) is 0 Å². The first kappa shape index (κ1) is 11.5. The predicted molar refractivity (Wildman–Crippen MR) is 64.8 cm³/mol. The van der Waals surface area contributed by atoms with Crippen LogP contribution in [0.1, 0.15) is 22.7 Å². The van der Waals surface area contributed by atoms with Gasteiger partial charge >= 0.3 is 0 Å². The summed E-state index contributed by atoms with van der Waals surface area (Å²) in [5.74, 6) is 0. The molecule has 0 fully saturated rings. The van der Waals surface area contributed by atoms with Crippen LogP contribution >= 0.6 is 11.3 Å². The number of aromatic nitrogens is 2. The summed E-state index contributed by atoms with van der Waals surface area (Å²) in [5.41, 5.74) is 2.23. The molecular weight excluding hydrogens is 225 g/mol. The van der Waals surface area contributed by atoms with Crippen LogP contribution in [0.15, 0.2) is 6.20 Å². The van der Waals surface area contributed by atoms with Gasteiger partial charge in [-0.05, 0) is 26.8 Å². The van der Waals surface area contributed by atoms with Crippen LogP contribution in [-0.2, 0) is 6.54 Å². The zero-order valence-corrected chi connectivity index (χ0v) is 10.4. The number of nitrogens with one attached hydrogen (secondary N) is 1. The van der Waals surface area contributed by atoms with Crippen molar-refractivity contribution in [1.82, 2.24) is 14.7 Å². The van der Waals surface area contributed by atoms with E-state index in [4.69, 9.17) is 0 Å². The molecule has 0 aromatic carbocycles. The van der Waals surface area contributed by atoms with E-state index in [0.29, 0.717) is 13.0 Å². The highest BCUT2D eigenvalue weighted by Gasteiger charge is 2.09. The molecule has 2 aromatic rings. The first-order chi connectivity index (χ1) is 7.72. The molecule has 0 spiro atoms. The normalized spacial score (nSPS) is 11.4. The molecule has 0 aliphatic heterocycles. The summed E-state index contributed by atoms with van der Waals surface area (Å²) in [4.78, 5) is 6.80. The van der Waals surface area contributed by atoms with Gasteiger partial charge in [-0.25, -0.2) is 4.98 Å². The Morgan fingerprint density at radius 1 is 1.50 bits per heavy atom. The lowest BCUT2D eigenvalue weighted by Crippen LogP contribution is -2.16. The van der Waals surface area contributed by atoms with E-state index in [-0.39, 0.29) is 6.67 Å². The van der Waals surface area contributed by atoms with E-state index in [2.05, 4.69) is 27.8 Å². The SMILES string of the molecule is Cc1cn2c(CNCCCF)c(C)nc2s1. The molecule has 0 atom stereocenters. The van der Waals surface area contributed by atoms with Crippen molar-refractivity contribution in [2.45, 2.75) is 26.8 Å². The summed E-state index contributed by atoms with van der Waals surface area (Å²) in [6.45, 7) is 5.30. The molecule has 5 heteroatoms. The lowest BCUT2D eigenvalue weighted by molar-refractivity contribution is 0.458. The van der Waals surface area contributed by atoms with Gasteiger partial charge in [0.05, 0.1) is 18.1 Å². The number of aryl methyl sites for hydroxylation is 2. The minimum absolute atomic E-state index is 0.259. The molecule has 0 aliphatic rings. The number of fused-ring (bicyclic) bond motifs is 1. The van der Waals surface area contributed by atoms with Gasteiger partial charge in [-0.1, -0.05) is 0 Å². The lowest BCUT2D eigenvalue weighted by Gasteiger charge is -2.03. The van der Waals surface area contributed by atoms with Gasteiger partial charge in [0.1, 0.15) is 0 Å². The quantitative estimate of drug-likeness (QED) is 0.815. The van der Waals surface area contributed by atoms with Gasteiger partial charge in [0.25, 0.3) is 0 Å². The molecule has 0 amide bonds. The number of alkyl halides is 1. The highest BCUT2D eigenvalue weighted by Crippen LogP contribution is 2.20. The molecule has 88 valence electrons. The number of imidazole rings is 1. The van der Waals surface area contributed by atoms with Crippen LogP contribution in [0.2, 0.25) is 0 Å². The molecule has 0 saturated heterocycles. The van der Waals surface area contributed by atoms with Gasteiger partial charge in [-0.15, -0.1) is 11.3 Å². The fourth-order valence-electron chi connectivity index (χ4n) is 1.72. The summed E-state index contributed by atoms with van der Waals surface area (Å²) in [5, 5.41) is 3.23. The van der Waals surface area contributed by atoms with Gasteiger partial charge in [0.2, 0.25) is 0 Å². The molecule has 2 aromatic heterocycles. The number of rotatable bonds is 5. The third-order valence-corrected chi connectivity index (χ3v) is 3.42. The summed E-state index contributed by atoms with van der Waals surface area (Å²) in [6, 6.07) is 0. The van der Waals surface area contributed by atoms with Gasteiger partial charge < -0.3 is 5.32 Å². The molecule has 3 nitrogen and oxygen atoms in total. The minimum atomic E-state index is -0.259. The zero-order valence-electron chi connectivity index (χ0n) is 9.59. The van der Waals surface area contributed by atoms with E-state index in [1.54, 1.807) is 11.3 Å². The molecular formula is C11H16FN3S. The fourth-order valence-corrected chi connectivity index (χ4v) is 2.61. The van der Waals surface area contributed by atoms with Crippen LogP contribution < -0.4 is 5.32 Å². The van der Waals surface area contributed by atoms with Crippen molar-refractivity contribution in [3.63, 3.8) is 0 Å². The van der Waals surface area contributed by atoms with Crippen molar-refractivity contribution < 1.29 is 4.39 Å². The zero-order chi connectivity index (χ0) is 11.5. The molecule has 2 rings (SSSR count). The second kappa shape index (κ2) is 4.93. The van der Waals surface area contributed by atoms with Crippen molar-refractivity contribution >= 4 is 16.3 Å². The average molecular weight is 241 g/mol. The van der Waals surface area contributed by atoms with Crippen molar-refractivity contribution in [3.05, 3.63) is 22.5 Å². The van der Waals surface area contributed by atoms with Gasteiger partial charge in [-0.3, -0.25) is 8.79 Å². The van der Waals surface area contributed by atoms with Crippen molar-refractivity contribution in [1.29, 1.82) is 0 Å². The molecule has 2 heterocycles. The maximum absolute atomic E-state index is 11.9. The monoisotopic (exact) mass is 241 g/mol. The Balaban J connectivity index is 2.12. The summed E-state index contributed by atoms with van der Waals surface area (Å²) in [7, 11) is 0. The maximum Gasteiger partial charge on any atom is 0.194 e. The summed E-state index contributed by atoms with van der Waals surface area (Å²) in [6.07, 6.45) is 2.68. The van der Waals surface area contributed by atoms with E-state index in [0.717, 1.165) is 17.2 Å². The van der Waals surface area contributed by atoms with Crippen LogP contribution in [0, 0.1) is 13.8 Å². The Bertz CT molecular complexity index is 475. The van der Waals surface area contributed by atoms with E-state index in [1.165, 1.54) is 10.6 Å². The van der Waals surface area contributed by atoms with Crippen LogP contribution in [-0.4, -0.2) is 22.6 Å². The van der Waals surface area contributed by atoms with Crippen molar-refractivity contribution in [3.8, 4) is 0 Å². The molecule has 16 heavy (non-hydrogen) atoms. The Morgan fingerprint density at radius 2 is 2.31 bits per heavy atom. The predicted octanol–water partition coefficient (Wildman–Crippen LogP) is 2.46. The standard InChI is InChI=1S/C11H16FN3S/c1-8-7-15-10(6-13-5-3-4-12)9(2)14-11(15)16-8/h7,13H,3-6H2,1-2H3. The second-order valence-corrected chi connectivity index (χ2v) is 5.07. The van der Waals surface area contributed by atoms with Gasteiger partial charge in [0.15, 0.2) is 4.96 Å². The summed E-state index contributed by atoms with van der Waals surface area (Å²) < 4.78 is 14.1. The first-order valence-corrected chi connectivity index (χ1v) is 6.24. The highest BCUT2D eigenvalue weighted by molar-refractivity contribution is 7.17. The Kier molecular flexibility index (Phi) is 3.56. The minimum Gasteiger partial charge on any atom is -0.311 e. The van der Waals surface area contributed by atoms with E-state index in [1.807, 2.05) is 6.92 Å². The van der Waals surface area contributed by atoms with E-state index < -0.39 is 0 Å². The third-order valence-electron chi connectivity index (χ3n) is 2.52. The molecule has 0 aliphatic carbocycles. The number of nitrogens with zero attached hydrogens (tertiary/aromatic N) is 2. The average Bonchev–Trinajstić information content (AvgIpc) is 2.70. The number of hydrogen-bond donors (Lipinski definition) is 1. The van der Waals surface area contributed by atoms with Crippen molar-refractivity contribution in [2.75, 3.05) is 13.2 Å². The number of hydrogen-bond acceptors (Lipinski definition) is 3. The topological polar surface area (TPSA) is 29.3 Å². The Hall–Kier alpha value is -0.940. The third kappa shape index (κ3) is 2.25. The van der Waals surface area contributed by atoms with Gasteiger partial charge in [-0.2, -0.15) is 0 Å². The van der Waals surface area contributed by atoms with E-state index in [9.17, 15) is 4.39 Å². The second-order valence-electron chi connectivity index (χ2n) is 3.86. The fraction of sp³-hybridized carbons (Fsp3) is 0.545.